The van der Waals surface area contributed by atoms with Gasteiger partial charge in [-0.2, -0.15) is 0 Å². The average Bonchev–Trinajstić information content (AvgIpc) is 2.18. The number of fused-ring (bicyclic) bond motifs is 1. The monoisotopic (exact) mass is 208 g/mol. The minimum absolute atomic E-state index is 0.0554. The summed E-state index contributed by atoms with van der Waals surface area (Å²) >= 11 is 0. The van der Waals surface area contributed by atoms with Gasteiger partial charge in [-0.05, 0) is 24.5 Å². The van der Waals surface area contributed by atoms with Gasteiger partial charge < -0.3 is 10.6 Å². The number of carbonyl (C=O) groups is 1. The molecule has 0 fully saturated rings. The highest BCUT2D eigenvalue weighted by Gasteiger charge is 2.21. The van der Waals surface area contributed by atoms with Crippen LogP contribution in [-0.2, 0) is 11.2 Å². The fraction of sp³-hybridized carbons (Fsp3) is 0.364. The molecule has 2 N–H and O–H groups in total. The summed E-state index contributed by atoms with van der Waals surface area (Å²) in [5, 5.41) is 0. The van der Waals surface area contributed by atoms with Crippen LogP contribution < -0.4 is 10.6 Å². The van der Waals surface area contributed by atoms with Crippen molar-refractivity contribution in [2.24, 2.45) is 0 Å². The zero-order valence-corrected chi connectivity index (χ0v) is 8.59. The van der Waals surface area contributed by atoms with Crippen molar-refractivity contribution < 1.29 is 9.18 Å². The number of carbonyl (C=O) groups excluding carboxylic acids is 1. The van der Waals surface area contributed by atoms with Gasteiger partial charge in [0.15, 0.2) is 0 Å². The van der Waals surface area contributed by atoms with Gasteiger partial charge in [-0.25, -0.2) is 4.39 Å². The number of benzene rings is 1. The van der Waals surface area contributed by atoms with E-state index in [2.05, 4.69) is 0 Å². The molecule has 15 heavy (non-hydrogen) atoms. The number of aryl methyl sites for hydroxylation is 1. The highest BCUT2D eigenvalue weighted by molar-refractivity contribution is 5.93. The molecule has 0 saturated heterocycles. The van der Waals surface area contributed by atoms with E-state index in [0.717, 1.165) is 18.4 Å². The van der Waals surface area contributed by atoms with Crippen molar-refractivity contribution in [3.05, 3.63) is 23.5 Å². The van der Waals surface area contributed by atoms with Gasteiger partial charge in [0.1, 0.15) is 5.82 Å². The molecule has 1 aromatic rings. The number of anilines is 2. The van der Waals surface area contributed by atoms with Gasteiger partial charge in [-0.15, -0.1) is 0 Å². The molecule has 0 unspecified atom stereocenters. The first-order valence-electron chi connectivity index (χ1n) is 4.95. The maximum atomic E-state index is 13.3. The van der Waals surface area contributed by atoms with E-state index < -0.39 is 5.82 Å². The maximum absolute atomic E-state index is 13.3. The van der Waals surface area contributed by atoms with Gasteiger partial charge in [0, 0.05) is 25.2 Å². The van der Waals surface area contributed by atoms with E-state index >= 15 is 0 Å². The molecule has 1 aliphatic heterocycles. The number of amides is 1. The van der Waals surface area contributed by atoms with Gasteiger partial charge in [0.05, 0.1) is 5.69 Å². The summed E-state index contributed by atoms with van der Waals surface area (Å²) in [6.07, 6.45) is 1.75. The largest absolute Gasteiger partial charge is 0.396 e. The lowest BCUT2D eigenvalue weighted by atomic mass is 10.0. The Bertz CT molecular complexity index is 417. The SMILES string of the molecule is CC(=O)N1CCCc2cc(N)c(F)cc21. The molecule has 1 aromatic carbocycles. The van der Waals surface area contributed by atoms with Crippen molar-refractivity contribution in [3.8, 4) is 0 Å². The zero-order chi connectivity index (χ0) is 11.0. The molecule has 0 aliphatic carbocycles. The number of hydrogen-bond donors (Lipinski definition) is 1. The quantitative estimate of drug-likeness (QED) is 0.660. The van der Waals surface area contributed by atoms with Crippen molar-refractivity contribution in [2.75, 3.05) is 17.2 Å². The Kier molecular flexibility index (Phi) is 2.34. The van der Waals surface area contributed by atoms with Crippen molar-refractivity contribution in [1.29, 1.82) is 0 Å². The first kappa shape index (κ1) is 9.96. The van der Waals surface area contributed by atoms with Gasteiger partial charge in [0.2, 0.25) is 5.91 Å². The van der Waals surface area contributed by atoms with Crippen LogP contribution in [0.2, 0.25) is 0 Å². The minimum Gasteiger partial charge on any atom is -0.396 e. The number of rotatable bonds is 0. The predicted octanol–water partition coefficient (Wildman–Crippen LogP) is 1.71. The summed E-state index contributed by atoms with van der Waals surface area (Å²) < 4.78 is 13.3. The summed E-state index contributed by atoms with van der Waals surface area (Å²) in [5.41, 5.74) is 7.26. The Morgan fingerprint density at radius 2 is 2.27 bits per heavy atom. The number of halogens is 1. The van der Waals surface area contributed by atoms with E-state index in [1.807, 2.05) is 0 Å². The Hall–Kier alpha value is -1.58. The van der Waals surface area contributed by atoms with Crippen LogP contribution in [0, 0.1) is 5.82 Å². The predicted molar refractivity (Wildman–Crippen MR) is 57.2 cm³/mol. The third-order valence-corrected chi connectivity index (χ3v) is 2.70. The van der Waals surface area contributed by atoms with E-state index in [1.165, 1.54) is 13.0 Å². The lowest BCUT2D eigenvalue weighted by molar-refractivity contribution is -0.116. The van der Waals surface area contributed by atoms with Crippen LogP contribution in [0.5, 0.6) is 0 Å². The van der Waals surface area contributed by atoms with E-state index in [4.69, 9.17) is 5.73 Å². The molecular formula is C11H13FN2O. The normalized spacial score (nSPS) is 14.9. The van der Waals surface area contributed by atoms with Crippen LogP contribution in [-0.4, -0.2) is 12.5 Å². The molecule has 0 radical (unpaired) electrons. The second-order valence-corrected chi connectivity index (χ2v) is 3.78. The molecule has 80 valence electrons. The van der Waals surface area contributed by atoms with Crippen molar-refractivity contribution in [1.82, 2.24) is 0 Å². The topological polar surface area (TPSA) is 46.3 Å². The number of hydrogen-bond acceptors (Lipinski definition) is 2. The molecular weight excluding hydrogens is 195 g/mol. The first-order chi connectivity index (χ1) is 7.09. The summed E-state index contributed by atoms with van der Waals surface area (Å²) in [7, 11) is 0. The van der Waals surface area contributed by atoms with Crippen LogP contribution in [0.3, 0.4) is 0 Å². The number of nitrogens with zero attached hydrogens (tertiary/aromatic N) is 1. The molecule has 4 heteroatoms. The second-order valence-electron chi connectivity index (χ2n) is 3.78. The molecule has 3 nitrogen and oxygen atoms in total. The Labute approximate surface area is 87.7 Å². The molecule has 0 spiro atoms. The lowest BCUT2D eigenvalue weighted by Gasteiger charge is -2.28. The van der Waals surface area contributed by atoms with Crippen LogP contribution in [0.25, 0.3) is 0 Å². The van der Waals surface area contributed by atoms with Gasteiger partial charge in [-0.3, -0.25) is 4.79 Å². The summed E-state index contributed by atoms with van der Waals surface area (Å²) in [6, 6.07) is 2.98. The van der Waals surface area contributed by atoms with E-state index in [1.54, 1.807) is 11.0 Å². The standard InChI is InChI=1S/C11H13FN2O/c1-7(15)14-4-2-3-8-5-10(13)9(12)6-11(8)14/h5-6H,2-4,13H2,1H3. The lowest BCUT2D eigenvalue weighted by Crippen LogP contribution is -2.33. The second kappa shape index (κ2) is 3.53. The highest BCUT2D eigenvalue weighted by Crippen LogP contribution is 2.30. The Balaban J connectivity index is 2.51. The molecule has 0 aromatic heterocycles. The van der Waals surface area contributed by atoms with Gasteiger partial charge >= 0.3 is 0 Å². The fourth-order valence-electron chi connectivity index (χ4n) is 1.95. The number of nitrogen functional groups attached to an aromatic ring is 1. The van der Waals surface area contributed by atoms with Crippen molar-refractivity contribution in [2.45, 2.75) is 19.8 Å². The van der Waals surface area contributed by atoms with Crippen molar-refractivity contribution in [3.63, 3.8) is 0 Å². The van der Waals surface area contributed by atoms with Gasteiger partial charge in [-0.1, -0.05) is 0 Å². The third kappa shape index (κ3) is 1.67. The van der Waals surface area contributed by atoms with Gasteiger partial charge in [0.25, 0.3) is 0 Å². The first-order valence-corrected chi connectivity index (χ1v) is 4.95. The highest BCUT2D eigenvalue weighted by atomic mass is 19.1. The molecule has 1 heterocycles. The molecule has 0 atom stereocenters. The summed E-state index contributed by atoms with van der Waals surface area (Å²) in [4.78, 5) is 12.9. The van der Waals surface area contributed by atoms with E-state index in [-0.39, 0.29) is 11.6 Å². The number of nitrogens with two attached hydrogens (primary N) is 1. The smallest absolute Gasteiger partial charge is 0.223 e. The average molecular weight is 208 g/mol. The summed E-state index contributed by atoms with van der Waals surface area (Å²) in [6.45, 7) is 2.15. The third-order valence-electron chi connectivity index (χ3n) is 2.70. The minimum atomic E-state index is -0.457. The summed E-state index contributed by atoms with van der Waals surface area (Å²) in [5.74, 6) is -0.512. The van der Waals surface area contributed by atoms with Crippen LogP contribution in [0.1, 0.15) is 18.9 Å². The zero-order valence-electron chi connectivity index (χ0n) is 8.59. The maximum Gasteiger partial charge on any atom is 0.223 e. The fourth-order valence-corrected chi connectivity index (χ4v) is 1.95. The van der Waals surface area contributed by atoms with E-state index in [0.29, 0.717) is 12.2 Å². The van der Waals surface area contributed by atoms with Crippen LogP contribution in [0.4, 0.5) is 15.8 Å². The van der Waals surface area contributed by atoms with Crippen LogP contribution >= 0.6 is 0 Å². The molecule has 1 aliphatic rings. The van der Waals surface area contributed by atoms with Crippen LogP contribution in [0.15, 0.2) is 12.1 Å². The Morgan fingerprint density at radius 3 is 2.93 bits per heavy atom. The van der Waals surface area contributed by atoms with E-state index in [9.17, 15) is 9.18 Å². The molecule has 0 bridgehead atoms. The molecule has 1 amide bonds. The van der Waals surface area contributed by atoms with Crippen molar-refractivity contribution >= 4 is 17.3 Å². The Morgan fingerprint density at radius 1 is 1.53 bits per heavy atom. The molecule has 2 rings (SSSR count). The molecule has 0 saturated carbocycles.